The molecule has 0 aliphatic carbocycles. The molecule has 0 saturated carbocycles. The van der Waals surface area contributed by atoms with Gasteiger partial charge in [-0.05, 0) is 66.1 Å². The fourth-order valence-electron chi connectivity index (χ4n) is 5.42. The maximum Gasteiger partial charge on any atom is 0.295 e. The summed E-state index contributed by atoms with van der Waals surface area (Å²) in [5, 5.41) is 0. The van der Waals surface area contributed by atoms with Gasteiger partial charge in [0.05, 0.1) is 12.6 Å². The minimum absolute atomic E-state index is 0.330. The van der Waals surface area contributed by atoms with Crippen molar-refractivity contribution in [2.45, 2.75) is 53.3 Å². The van der Waals surface area contributed by atoms with Gasteiger partial charge < -0.3 is 0 Å². The van der Waals surface area contributed by atoms with Crippen LogP contribution >= 0.6 is 0 Å². The number of benzene rings is 4. The van der Waals surface area contributed by atoms with E-state index >= 15 is 0 Å². The third kappa shape index (κ3) is 3.95. The molecule has 0 amide bonds. The number of para-hydroxylation sites is 3. The van der Waals surface area contributed by atoms with E-state index in [9.17, 15) is 0 Å². The van der Waals surface area contributed by atoms with Crippen LogP contribution in [0.1, 0.15) is 65.9 Å². The Morgan fingerprint density at radius 3 is 2.00 bits per heavy atom. The summed E-state index contributed by atoms with van der Waals surface area (Å²) < 4.78 is 29.6. The van der Waals surface area contributed by atoms with E-state index in [1.165, 1.54) is 16.8 Å². The molecule has 36 heavy (non-hydrogen) atoms. The Hall–Kier alpha value is -3.65. The predicted octanol–water partition coefficient (Wildman–Crippen LogP) is 8.65. The molecule has 182 valence electrons. The number of fused-ring (bicyclic) bond motifs is 1. The Kier molecular flexibility index (Phi) is 5.38. The van der Waals surface area contributed by atoms with Crippen molar-refractivity contribution in [2.24, 2.45) is 7.05 Å². The van der Waals surface area contributed by atoms with E-state index in [4.69, 9.17) is 4.11 Å². The zero-order chi connectivity index (χ0) is 28.1. The largest absolute Gasteiger partial charge is 0.295 e. The molecule has 5 rings (SSSR count). The Balaban J connectivity index is 1.95. The van der Waals surface area contributed by atoms with E-state index < -0.39 is 6.85 Å². The van der Waals surface area contributed by atoms with Crippen LogP contribution in [0.15, 0.2) is 84.9 Å². The molecule has 0 aliphatic rings. The molecule has 1 heterocycles. The van der Waals surface area contributed by atoms with Crippen LogP contribution in [0.25, 0.3) is 39.2 Å². The van der Waals surface area contributed by atoms with Gasteiger partial charge in [-0.15, -0.1) is 0 Å². The van der Waals surface area contributed by atoms with Gasteiger partial charge in [0, 0.05) is 15.2 Å². The number of nitrogens with zero attached hydrogens (tertiary/aromatic N) is 2. The molecule has 5 aromatic rings. The topological polar surface area (TPSA) is 8.81 Å². The molecule has 0 radical (unpaired) electrons. The first-order valence-corrected chi connectivity index (χ1v) is 12.8. The number of aromatic nitrogens is 2. The second kappa shape index (κ2) is 9.43. The van der Waals surface area contributed by atoms with E-state index in [1.807, 2.05) is 43.3 Å². The van der Waals surface area contributed by atoms with E-state index in [0.29, 0.717) is 17.4 Å². The molecule has 0 N–H and O–H groups in total. The molecule has 0 spiro atoms. The summed E-state index contributed by atoms with van der Waals surface area (Å²) in [7, 11) is 2.11. The Morgan fingerprint density at radius 2 is 1.36 bits per heavy atom. The molecule has 1 aromatic heterocycles. The lowest BCUT2D eigenvalue weighted by atomic mass is 9.91. The zero-order valence-electron chi connectivity index (χ0n) is 25.1. The second-order valence-corrected chi connectivity index (χ2v) is 10.4. The summed E-state index contributed by atoms with van der Waals surface area (Å²) in [5.74, 6) is 1.70. The van der Waals surface area contributed by atoms with Crippen molar-refractivity contribution in [3.63, 3.8) is 0 Å². The molecule has 0 fully saturated rings. The van der Waals surface area contributed by atoms with Crippen molar-refractivity contribution in [3.05, 3.63) is 107 Å². The SMILES string of the molecule is [2H]C([2H])([2H])c1cc(C)c(-c2n(-c3c(C(C)C)cccc3C(C)C)c3ccccc3[n+]2C)cc1-c1ccccc1. The van der Waals surface area contributed by atoms with Crippen molar-refractivity contribution in [2.75, 3.05) is 0 Å². The van der Waals surface area contributed by atoms with E-state index in [-0.39, 0.29) is 0 Å². The van der Waals surface area contributed by atoms with Crippen LogP contribution in [-0.4, -0.2) is 4.57 Å². The van der Waals surface area contributed by atoms with Crippen molar-refractivity contribution in [3.8, 4) is 28.2 Å². The number of rotatable bonds is 5. The maximum atomic E-state index is 8.32. The van der Waals surface area contributed by atoms with Gasteiger partial charge >= 0.3 is 0 Å². The van der Waals surface area contributed by atoms with Gasteiger partial charge in [-0.2, -0.15) is 4.57 Å². The van der Waals surface area contributed by atoms with Crippen LogP contribution < -0.4 is 4.57 Å². The first-order chi connectivity index (χ1) is 18.5. The van der Waals surface area contributed by atoms with Gasteiger partial charge in [-0.3, -0.25) is 0 Å². The molecule has 0 atom stereocenters. The van der Waals surface area contributed by atoms with Crippen molar-refractivity contribution in [1.29, 1.82) is 0 Å². The van der Waals surface area contributed by atoms with Gasteiger partial charge in [0.2, 0.25) is 0 Å². The van der Waals surface area contributed by atoms with Crippen molar-refractivity contribution in [1.82, 2.24) is 4.57 Å². The van der Waals surface area contributed by atoms with Gasteiger partial charge in [0.25, 0.3) is 5.82 Å². The lowest BCUT2D eigenvalue weighted by Gasteiger charge is -2.19. The molecule has 4 aromatic carbocycles. The van der Waals surface area contributed by atoms with E-state index in [1.54, 1.807) is 0 Å². The van der Waals surface area contributed by atoms with E-state index in [2.05, 4.69) is 92.4 Å². The van der Waals surface area contributed by atoms with Crippen LogP contribution in [0.4, 0.5) is 0 Å². The Morgan fingerprint density at radius 1 is 0.722 bits per heavy atom. The van der Waals surface area contributed by atoms with Gasteiger partial charge in [0.1, 0.15) is 5.69 Å². The summed E-state index contributed by atoms with van der Waals surface area (Å²) in [4.78, 5) is 0. The molecule has 0 aliphatic heterocycles. The average molecular weight is 477 g/mol. The summed E-state index contributed by atoms with van der Waals surface area (Å²) in [5.41, 5.74) is 10.1. The molecule has 0 bridgehead atoms. The Bertz CT molecular complexity index is 1630. The second-order valence-electron chi connectivity index (χ2n) is 10.4. The first kappa shape index (κ1) is 20.5. The smallest absolute Gasteiger partial charge is 0.225 e. The van der Waals surface area contributed by atoms with Crippen molar-refractivity contribution < 1.29 is 8.68 Å². The number of imidazole rings is 1. The monoisotopic (exact) mass is 476 g/mol. The van der Waals surface area contributed by atoms with Gasteiger partial charge in [-0.1, -0.05) is 94.4 Å². The highest BCUT2D eigenvalue weighted by Crippen LogP contribution is 2.38. The zero-order valence-corrected chi connectivity index (χ0v) is 22.1. The van der Waals surface area contributed by atoms with E-state index in [0.717, 1.165) is 39.1 Å². The minimum Gasteiger partial charge on any atom is -0.225 e. The lowest BCUT2D eigenvalue weighted by molar-refractivity contribution is -0.633. The summed E-state index contributed by atoms with van der Waals surface area (Å²) in [6, 6.07) is 29.0. The number of hydrogen-bond acceptors (Lipinski definition) is 0. The highest BCUT2D eigenvalue weighted by Gasteiger charge is 2.31. The standard InChI is InChI=1S/C34H37N2/c1-22(2)27-16-13-17-28(23(3)4)33(27)36-32-19-12-11-18-31(32)35(7)34(36)30-21-29(24(5)20-25(30)6)26-14-9-8-10-15-26/h8-23H,1-7H3/q+1/i5D3. The van der Waals surface area contributed by atoms with Gasteiger partial charge in [0.15, 0.2) is 11.0 Å². The highest BCUT2D eigenvalue weighted by atomic mass is 15.2. The van der Waals surface area contributed by atoms with Crippen LogP contribution in [0.2, 0.25) is 0 Å². The quantitative estimate of drug-likeness (QED) is 0.224. The predicted molar refractivity (Wildman–Crippen MR) is 153 cm³/mol. The maximum absolute atomic E-state index is 8.32. The fraction of sp³-hybridized carbons (Fsp3) is 0.265. The molecule has 0 unspecified atom stereocenters. The molecule has 2 heteroatoms. The molecular formula is C34H37N2+. The minimum atomic E-state index is -2.22. The average Bonchev–Trinajstić information content (AvgIpc) is 3.19. The number of aryl methyl sites for hydroxylation is 3. The summed E-state index contributed by atoms with van der Waals surface area (Å²) in [6.45, 7) is 8.80. The third-order valence-corrected chi connectivity index (χ3v) is 7.27. The molecular weight excluding hydrogens is 436 g/mol. The fourth-order valence-corrected chi connectivity index (χ4v) is 5.42. The van der Waals surface area contributed by atoms with Crippen LogP contribution in [0.5, 0.6) is 0 Å². The summed E-state index contributed by atoms with van der Waals surface area (Å²) >= 11 is 0. The van der Waals surface area contributed by atoms with Crippen LogP contribution in [-0.2, 0) is 7.05 Å². The Labute approximate surface area is 220 Å². The van der Waals surface area contributed by atoms with Crippen molar-refractivity contribution >= 4 is 11.0 Å². The number of hydrogen-bond donors (Lipinski definition) is 0. The summed E-state index contributed by atoms with van der Waals surface area (Å²) in [6.07, 6.45) is 0. The van der Waals surface area contributed by atoms with Gasteiger partial charge in [-0.25, -0.2) is 4.57 Å². The highest BCUT2D eigenvalue weighted by molar-refractivity contribution is 5.83. The van der Waals surface area contributed by atoms with Crippen LogP contribution in [0, 0.1) is 13.8 Å². The normalized spacial score (nSPS) is 13.3. The third-order valence-electron chi connectivity index (χ3n) is 7.27. The molecule has 0 saturated heterocycles. The molecule has 2 nitrogen and oxygen atoms in total. The lowest BCUT2D eigenvalue weighted by Crippen LogP contribution is -2.30. The van der Waals surface area contributed by atoms with Crippen LogP contribution in [0.3, 0.4) is 0 Å². The first-order valence-electron chi connectivity index (χ1n) is 14.3.